The Bertz CT molecular complexity index is 375. The Morgan fingerprint density at radius 2 is 1.50 bits per heavy atom. The summed E-state index contributed by atoms with van der Waals surface area (Å²) in [5.74, 6) is 0. The fourth-order valence-corrected chi connectivity index (χ4v) is 1.32. The van der Waals surface area contributed by atoms with Crippen molar-refractivity contribution in [1.29, 1.82) is 0 Å². The Labute approximate surface area is 82.9 Å². The van der Waals surface area contributed by atoms with Crippen molar-refractivity contribution < 1.29 is 0 Å². The molecule has 0 fully saturated rings. The Kier molecular flexibility index (Phi) is 2.76. The molecule has 0 aromatic heterocycles. The lowest BCUT2D eigenvalue weighted by atomic mass is 10.1. The molecule has 72 valence electrons. The Morgan fingerprint density at radius 3 is 1.93 bits per heavy atom. The van der Waals surface area contributed by atoms with E-state index in [1.807, 2.05) is 6.92 Å². The fourth-order valence-electron chi connectivity index (χ4n) is 1.32. The van der Waals surface area contributed by atoms with Crippen LogP contribution in [-0.2, 0) is 0 Å². The van der Waals surface area contributed by atoms with Crippen LogP contribution in [0.25, 0.3) is 0 Å². The van der Waals surface area contributed by atoms with E-state index < -0.39 is 0 Å². The summed E-state index contributed by atoms with van der Waals surface area (Å²) in [6.45, 7) is 12.2. The predicted octanol–water partition coefficient (Wildman–Crippen LogP) is 2.57. The lowest BCUT2D eigenvalue weighted by Gasteiger charge is -2.09. The molecular weight excluding hydrogens is 176 g/mol. The summed E-state index contributed by atoms with van der Waals surface area (Å²) < 4.78 is 0. The van der Waals surface area contributed by atoms with E-state index in [4.69, 9.17) is 5.73 Å². The molecule has 0 aliphatic heterocycles. The van der Waals surface area contributed by atoms with Crippen LogP contribution in [0, 0.1) is 6.92 Å². The van der Waals surface area contributed by atoms with Gasteiger partial charge in [-0.15, -0.1) is 0 Å². The van der Waals surface area contributed by atoms with Gasteiger partial charge in [0.05, 0.1) is 11.4 Å². The van der Waals surface area contributed by atoms with Crippen molar-refractivity contribution in [2.45, 2.75) is 6.92 Å². The molecule has 0 radical (unpaired) electrons. The van der Waals surface area contributed by atoms with Gasteiger partial charge in [0, 0.05) is 0 Å². The van der Waals surface area contributed by atoms with Gasteiger partial charge in [-0.05, 0) is 38.7 Å². The summed E-state index contributed by atoms with van der Waals surface area (Å²) in [6, 6.07) is 1.77. The lowest BCUT2D eigenvalue weighted by Crippen LogP contribution is -1.88. The van der Waals surface area contributed by atoms with Crippen molar-refractivity contribution >= 4 is 42.9 Å². The number of nitrogens with zero attached hydrogens (tertiary/aromatic N) is 3. The molecule has 0 saturated heterocycles. The first-order valence-corrected chi connectivity index (χ1v) is 3.99. The highest BCUT2D eigenvalue weighted by Crippen LogP contribution is 2.43. The van der Waals surface area contributed by atoms with Crippen LogP contribution in [0.4, 0.5) is 22.7 Å². The summed E-state index contributed by atoms with van der Waals surface area (Å²) in [7, 11) is 0. The van der Waals surface area contributed by atoms with Gasteiger partial charge < -0.3 is 5.73 Å². The number of aliphatic imine (C=N–C) groups is 3. The number of hydrogen-bond donors (Lipinski definition) is 1. The number of anilines is 1. The second kappa shape index (κ2) is 3.83. The third-order valence-electron chi connectivity index (χ3n) is 1.94. The molecule has 1 rings (SSSR count). The van der Waals surface area contributed by atoms with Gasteiger partial charge in [0.15, 0.2) is 0 Å². The first kappa shape index (κ1) is 10.1. The number of rotatable bonds is 3. The van der Waals surface area contributed by atoms with E-state index in [0.29, 0.717) is 22.7 Å². The van der Waals surface area contributed by atoms with Crippen molar-refractivity contribution in [2.24, 2.45) is 15.0 Å². The Hall–Kier alpha value is -1.97. The smallest absolute Gasteiger partial charge is 0.116 e. The van der Waals surface area contributed by atoms with E-state index in [1.54, 1.807) is 6.07 Å². The summed E-state index contributed by atoms with van der Waals surface area (Å²) in [5, 5.41) is 0. The van der Waals surface area contributed by atoms with Crippen LogP contribution in [0.2, 0.25) is 0 Å². The molecule has 0 atom stereocenters. The molecule has 0 spiro atoms. The summed E-state index contributed by atoms with van der Waals surface area (Å²) in [5.41, 5.74) is 8.86. The zero-order valence-corrected chi connectivity index (χ0v) is 8.12. The fraction of sp³-hybridized carbons (Fsp3) is 0.100. The number of benzene rings is 1. The molecule has 0 heterocycles. The van der Waals surface area contributed by atoms with Crippen molar-refractivity contribution in [3.8, 4) is 0 Å². The number of aryl methyl sites for hydroxylation is 1. The minimum atomic E-state index is 0.507. The molecule has 0 unspecified atom stereocenters. The van der Waals surface area contributed by atoms with Gasteiger partial charge in [-0.2, -0.15) is 0 Å². The molecule has 0 aliphatic carbocycles. The molecule has 14 heavy (non-hydrogen) atoms. The third-order valence-corrected chi connectivity index (χ3v) is 1.94. The average molecular weight is 188 g/mol. The van der Waals surface area contributed by atoms with E-state index in [1.165, 1.54) is 0 Å². The van der Waals surface area contributed by atoms with Gasteiger partial charge in [-0.25, -0.2) is 0 Å². The third kappa shape index (κ3) is 1.42. The Balaban J connectivity index is 3.67. The zero-order chi connectivity index (χ0) is 10.7. The van der Waals surface area contributed by atoms with E-state index in [9.17, 15) is 0 Å². The van der Waals surface area contributed by atoms with Crippen LogP contribution >= 0.6 is 0 Å². The predicted molar refractivity (Wildman–Crippen MR) is 63.2 cm³/mol. The van der Waals surface area contributed by atoms with Crippen LogP contribution in [0.15, 0.2) is 21.0 Å². The van der Waals surface area contributed by atoms with Crippen LogP contribution in [0.5, 0.6) is 0 Å². The standard InChI is InChI=1S/C10H12N4/c1-6-5-7(11)9(13-3)10(14-4)8(6)12-2/h5H,2-4,11H2,1H3. The molecule has 4 heteroatoms. The van der Waals surface area contributed by atoms with Gasteiger partial charge in [-0.1, -0.05) is 0 Å². The van der Waals surface area contributed by atoms with Crippen molar-refractivity contribution in [2.75, 3.05) is 5.73 Å². The van der Waals surface area contributed by atoms with Gasteiger partial charge in [0.25, 0.3) is 0 Å². The maximum Gasteiger partial charge on any atom is 0.116 e. The molecule has 0 amide bonds. The van der Waals surface area contributed by atoms with E-state index in [2.05, 4.69) is 35.1 Å². The second-order valence-corrected chi connectivity index (χ2v) is 2.80. The van der Waals surface area contributed by atoms with Gasteiger partial charge in [0.1, 0.15) is 11.4 Å². The number of nitrogen functional groups attached to an aromatic ring is 1. The maximum atomic E-state index is 5.75. The molecule has 0 bridgehead atoms. The van der Waals surface area contributed by atoms with E-state index in [-0.39, 0.29) is 0 Å². The van der Waals surface area contributed by atoms with E-state index >= 15 is 0 Å². The van der Waals surface area contributed by atoms with Crippen molar-refractivity contribution in [3.63, 3.8) is 0 Å². The molecule has 4 nitrogen and oxygen atoms in total. The highest BCUT2D eigenvalue weighted by molar-refractivity contribution is 5.89. The highest BCUT2D eigenvalue weighted by atomic mass is 14.9. The Morgan fingerprint density at radius 1 is 1.00 bits per heavy atom. The average Bonchev–Trinajstić information content (AvgIpc) is 2.16. The molecular formula is C10H12N4. The van der Waals surface area contributed by atoms with Crippen LogP contribution in [-0.4, -0.2) is 20.2 Å². The molecule has 0 saturated carbocycles. The number of nitrogens with two attached hydrogens (primary N) is 1. The van der Waals surface area contributed by atoms with Crippen LogP contribution < -0.4 is 5.73 Å². The largest absolute Gasteiger partial charge is 0.397 e. The van der Waals surface area contributed by atoms with Crippen molar-refractivity contribution in [3.05, 3.63) is 11.6 Å². The highest BCUT2D eigenvalue weighted by Gasteiger charge is 2.11. The van der Waals surface area contributed by atoms with E-state index in [0.717, 1.165) is 5.56 Å². The van der Waals surface area contributed by atoms with Crippen molar-refractivity contribution in [1.82, 2.24) is 0 Å². The SMILES string of the molecule is C=Nc1c(C)cc(N)c(N=C)c1N=C. The summed E-state index contributed by atoms with van der Waals surface area (Å²) >= 11 is 0. The van der Waals surface area contributed by atoms with Gasteiger partial charge >= 0.3 is 0 Å². The maximum absolute atomic E-state index is 5.75. The van der Waals surface area contributed by atoms with Crippen LogP contribution in [0.3, 0.4) is 0 Å². The normalized spacial score (nSPS) is 9.50. The monoisotopic (exact) mass is 188 g/mol. The second-order valence-electron chi connectivity index (χ2n) is 2.80. The quantitative estimate of drug-likeness (QED) is 0.575. The molecule has 1 aromatic rings. The van der Waals surface area contributed by atoms with Gasteiger partial charge in [0.2, 0.25) is 0 Å². The lowest BCUT2D eigenvalue weighted by molar-refractivity contribution is 1.37. The summed E-state index contributed by atoms with van der Waals surface area (Å²) in [6.07, 6.45) is 0. The zero-order valence-electron chi connectivity index (χ0n) is 8.12. The first-order chi connectivity index (χ1) is 6.65. The molecule has 2 N–H and O–H groups in total. The summed E-state index contributed by atoms with van der Waals surface area (Å²) in [4.78, 5) is 11.5. The number of hydrogen-bond acceptors (Lipinski definition) is 4. The molecule has 1 aromatic carbocycles. The topological polar surface area (TPSA) is 63.1 Å². The molecule has 0 aliphatic rings. The van der Waals surface area contributed by atoms with Gasteiger partial charge in [-0.3, -0.25) is 15.0 Å². The minimum Gasteiger partial charge on any atom is -0.397 e. The minimum absolute atomic E-state index is 0.507. The van der Waals surface area contributed by atoms with Crippen LogP contribution in [0.1, 0.15) is 5.56 Å². The first-order valence-electron chi connectivity index (χ1n) is 3.99.